The van der Waals surface area contributed by atoms with E-state index in [9.17, 15) is 21.6 Å². The summed E-state index contributed by atoms with van der Waals surface area (Å²) in [5.41, 5.74) is 0.270. The summed E-state index contributed by atoms with van der Waals surface area (Å²) in [5, 5.41) is 2.60. The molecule has 0 saturated carbocycles. The largest absolute Gasteiger partial charge is 0.351 e. The summed E-state index contributed by atoms with van der Waals surface area (Å²) in [5.74, 6) is -0.220. The number of benzene rings is 1. The number of sulfone groups is 1. The van der Waals surface area contributed by atoms with Crippen molar-refractivity contribution < 1.29 is 21.6 Å². The molecule has 2 rings (SSSR count). The normalized spacial score (nSPS) is 11.9. The molecule has 0 unspecified atom stereocenters. The van der Waals surface area contributed by atoms with Crippen LogP contribution >= 0.6 is 11.3 Å². The average Bonchev–Trinajstić information content (AvgIpc) is 3.03. The topological polar surface area (TPSA) is 109 Å². The van der Waals surface area contributed by atoms with Crippen molar-refractivity contribution in [3.8, 4) is 0 Å². The van der Waals surface area contributed by atoms with E-state index in [1.165, 1.54) is 37.3 Å². The first-order valence-corrected chi connectivity index (χ1v) is 11.3. The summed E-state index contributed by atoms with van der Waals surface area (Å²) < 4.78 is 50.8. The van der Waals surface area contributed by atoms with Crippen molar-refractivity contribution in [3.05, 3.63) is 41.3 Å². The zero-order chi connectivity index (χ0) is 18.7. The fourth-order valence-electron chi connectivity index (χ4n) is 1.91. The second kappa shape index (κ2) is 7.54. The molecule has 0 bridgehead atoms. The highest BCUT2D eigenvalue weighted by atomic mass is 32.2. The van der Waals surface area contributed by atoms with Crippen LogP contribution in [0.1, 0.15) is 18.7 Å². The Morgan fingerprint density at radius 1 is 1.04 bits per heavy atom. The van der Waals surface area contributed by atoms with Gasteiger partial charge in [-0.05, 0) is 36.4 Å². The van der Waals surface area contributed by atoms with Crippen LogP contribution in [0.25, 0.3) is 0 Å². The third-order valence-corrected chi connectivity index (χ3v) is 7.97. The smallest absolute Gasteiger partial charge is 0.271 e. The van der Waals surface area contributed by atoms with E-state index in [2.05, 4.69) is 10.0 Å². The number of nitrogens with one attached hydrogen (secondary N) is 2. The van der Waals surface area contributed by atoms with Gasteiger partial charge in [-0.1, -0.05) is 6.92 Å². The Hall–Kier alpha value is -1.91. The maximum Gasteiger partial charge on any atom is 0.271 e. The lowest BCUT2D eigenvalue weighted by Crippen LogP contribution is -2.18. The summed E-state index contributed by atoms with van der Waals surface area (Å²) in [6.45, 7) is 3.19. The predicted molar refractivity (Wildman–Crippen MR) is 96.8 cm³/mol. The number of sulfonamides is 1. The third kappa shape index (κ3) is 5.03. The molecular weight excluding hydrogens is 384 g/mol. The van der Waals surface area contributed by atoms with Gasteiger partial charge in [-0.25, -0.2) is 16.8 Å². The van der Waals surface area contributed by atoms with Crippen LogP contribution in [-0.4, -0.2) is 28.5 Å². The molecule has 1 aromatic carbocycles. The van der Waals surface area contributed by atoms with E-state index in [1.54, 1.807) is 13.0 Å². The second-order valence-corrected chi connectivity index (χ2v) is 10.5. The van der Waals surface area contributed by atoms with Crippen molar-refractivity contribution in [1.29, 1.82) is 0 Å². The quantitative estimate of drug-likeness (QED) is 0.736. The van der Waals surface area contributed by atoms with E-state index < -0.39 is 19.9 Å². The molecule has 2 N–H and O–H groups in total. The monoisotopic (exact) mass is 402 g/mol. The van der Waals surface area contributed by atoms with Gasteiger partial charge in [0.05, 0.1) is 17.2 Å². The Labute approximate surface area is 151 Å². The summed E-state index contributed by atoms with van der Waals surface area (Å²) in [4.78, 5) is 11.8. The number of rotatable bonds is 7. The Kier molecular flexibility index (Phi) is 5.86. The molecule has 1 heterocycles. The van der Waals surface area contributed by atoms with Gasteiger partial charge in [-0.2, -0.15) is 0 Å². The van der Waals surface area contributed by atoms with E-state index in [0.29, 0.717) is 4.88 Å². The number of hydrogen-bond donors (Lipinski definition) is 2. The second-order valence-electron chi connectivity index (χ2n) is 5.16. The number of thiophene rings is 1. The van der Waals surface area contributed by atoms with Crippen molar-refractivity contribution in [2.24, 2.45) is 0 Å². The van der Waals surface area contributed by atoms with Gasteiger partial charge in [-0.15, -0.1) is 11.3 Å². The zero-order valence-electron chi connectivity index (χ0n) is 13.6. The Bertz CT molecular complexity index is 961. The highest BCUT2D eigenvalue weighted by Gasteiger charge is 2.18. The molecule has 0 fully saturated rings. The predicted octanol–water partition coefficient (Wildman–Crippen LogP) is 1.98. The summed E-state index contributed by atoms with van der Waals surface area (Å²) in [7, 11) is -7.11. The molecule has 0 saturated heterocycles. The number of carbonyl (C=O) groups is 1. The SMILES string of the molecule is CCS(=O)(=O)c1ccc(NS(=O)(=O)c2ccc(CNC(C)=O)s2)cc1. The summed E-state index contributed by atoms with van der Waals surface area (Å²) >= 11 is 1.05. The van der Waals surface area contributed by atoms with Gasteiger partial charge in [0.15, 0.2) is 9.84 Å². The molecule has 0 atom stereocenters. The Balaban J connectivity index is 2.15. The molecule has 0 spiro atoms. The van der Waals surface area contributed by atoms with E-state index >= 15 is 0 Å². The van der Waals surface area contributed by atoms with Crippen molar-refractivity contribution in [1.82, 2.24) is 5.32 Å². The van der Waals surface area contributed by atoms with Crippen LogP contribution in [0.2, 0.25) is 0 Å². The lowest BCUT2D eigenvalue weighted by molar-refractivity contribution is -0.119. The van der Waals surface area contributed by atoms with Crippen molar-refractivity contribution in [2.75, 3.05) is 10.5 Å². The first-order chi connectivity index (χ1) is 11.6. The lowest BCUT2D eigenvalue weighted by atomic mass is 10.3. The minimum Gasteiger partial charge on any atom is -0.351 e. The van der Waals surface area contributed by atoms with Crippen molar-refractivity contribution in [3.63, 3.8) is 0 Å². The lowest BCUT2D eigenvalue weighted by Gasteiger charge is -2.07. The van der Waals surface area contributed by atoms with Crippen molar-refractivity contribution in [2.45, 2.75) is 29.5 Å². The number of amides is 1. The van der Waals surface area contributed by atoms with Gasteiger partial charge < -0.3 is 5.32 Å². The van der Waals surface area contributed by atoms with E-state index in [-0.39, 0.29) is 33.0 Å². The van der Waals surface area contributed by atoms with Crippen molar-refractivity contribution >= 4 is 42.8 Å². The van der Waals surface area contributed by atoms with Gasteiger partial charge in [0.25, 0.3) is 10.0 Å². The first-order valence-electron chi connectivity index (χ1n) is 7.33. The minimum absolute atomic E-state index is 0.0235. The number of carbonyl (C=O) groups excluding carboxylic acids is 1. The van der Waals surface area contributed by atoms with Crippen LogP contribution in [0.4, 0.5) is 5.69 Å². The van der Waals surface area contributed by atoms with E-state index in [1.807, 2.05) is 0 Å². The molecule has 0 aliphatic rings. The highest BCUT2D eigenvalue weighted by molar-refractivity contribution is 7.94. The molecular formula is C15H18N2O5S3. The standard InChI is InChI=1S/C15H18N2O5S3/c1-3-24(19,20)14-7-4-12(5-8-14)17-25(21,22)15-9-6-13(23-15)10-16-11(2)18/h4-9,17H,3,10H2,1-2H3,(H,16,18). The Morgan fingerprint density at radius 3 is 2.24 bits per heavy atom. The Morgan fingerprint density at radius 2 is 1.68 bits per heavy atom. The average molecular weight is 403 g/mol. The van der Waals surface area contributed by atoms with Crippen LogP contribution in [0.5, 0.6) is 0 Å². The zero-order valence-corrected chi connectivity index (χ0v) is 16.1. The molecule has 25 heavy (non-hydrogen) atoms. The molecule has 1 aromatic heterocycles. The fourth-order valence-corrected chi connectivity index (χ4v) is 5.15. The summed E-state index contributed by atoms with van der Waals surface area (Å²) in [6, 6.07) is 8.64. The van der Waals surface area contributed by atoms with Gasteiger partial charge in [0.2, 0.25) is 5.91 Å². The molecule has 7 nitrogen and oxygen atoms in total. The molecule has 0 aliphatic carbocycles. The van der Waals surface area contributed by atoms with Gasteiger partial charge in [-0.3, -0.25) is 9.52 Å². The number of hydrogen-bond acceptors (Lipinski definition) is 6. The van der Waals surface area contributed by atoms with Gasteiger partial charge >= 0.3 is 0 Å². The minimum atomic E-state index is -3.78. The van der Waals surface area contributed by atoms with Crippen LogP contribution in [0.3, 0.4) is 0 Å². The van der Waals surface area contributed by atoms with E-state index in [0.717, 1.165) is 11.3 Å². The first kappa shape index (κ1) is 19.4. The van der Waals surface area contributed by atoms with Crippen LogP contribution in [0, 0.1) is 0 Å². The maximum absolute atomic E-state index is 12.4. The summed E-state index contributed by atoms with van der Waals surface area (Å²) in [6.07, 6.45) is 0. The van der Waals surface area contributed by atoms with Crippen LogP contribution < -0.4 is 10.0 Å². The van der Waals surface area contributed by atoms with Crippen LogP contribution in [-0.2, 0) is 31.2 Å². The van der Waals surface area contributed by atoms with Gasteiger partial charge in [0, 0.05) is 17.5 Å². The molecule has 0 radical (unpaired) electrons. The highest BCUT2D eigenvalue weighted by Crippen LogP contribution is 2.24. The van der Waals surface area contributed by atoms with Crippen LogP contribution in [0.15, 0.2) is 45.5 Å². The maximum atomic E-state index is 12.4. The molecule has 2 aromatic rings. The number of anilines is 1. The van der Waals surface area contributed by atoms with E-state index in [4.69, 9.17) is 0 Å². The van der Waals surface area contributed by atoms with Gasteiger partial charge in [0.1, 0.15) is 4.21 Å². The molecule has 1 amide bonds. The molecule has 0 aliphatic heterocycles. The fraction of sp³-hybridized carbons (Fsp3) is 0.267. The molecule has 136 valence electrons. The molecule has 10 heteroatoms. The third-order valence-electron chi connectivity index (χ3n) is 3.26.